The van der Waals surface area contributed by atoms with Gasteiger partial charge in [-0.3, -0.25) is 0 Å². The molecule has 0 bridgehead atoms. The van der Waals surface area contributed by atoms with Crippen LogP contribution in [0.1, 0.15) is 24.8 Å². The molecule has 1 aromatic rings. The minimum Gasteiger partial charge on any atom is -0.493 e. The van der Waals surface area contributed by atoms with Crippen molar-refractivity contribution in [3.63, 3.8) is 0 Å². The van der Waals surface area contributed by atoms with Crippen LogP contribution in [0, 0.1) is 0 Å². The summed E-state index contributed by atoms with van der Waals surface area (Å²) in [5, 5.41) is 3.50. The largest absolute Gasteiger partial charge is 0.493 e. The standard InChI is InChI=1S/C16H25BrN2O2/c1-20-15-11-13(10-14(17)16(15)21-2)12-18-6-5-9-19-7-3-4-8-19/h10-11,18H,3-9,12H2,1-2H3. The van der Waals surface area contributed by atoms with E-state index in [-0.39, 0.29) is 0 Å². The number of hydrogen-bond donors (Lipinski definition) is 1. The second-order valence-electron chi connectivity index (χ2n) is 5.39. The summed E-state index contributed by atoms with van der Waals surface area (Å²) in [5.41, 5.74) is 1.20. The summed E-state index contributed by atoms with van der Waals surface area (Å²) in [6.45, 7) is 5.66. The third kappa shape index (κ3) is 4.87. The maximum atomic E-state index is 5.36. The monoisotopic (exact) mass is 356 g/mol. The molecule has 0 atom stereocenters. The zero-order chi connectivity index (χ0) is 15.1. The van der Waals surface area contributed by atoms with Gasteiger partial charge < -0.3 is 19.7 Å². The third-order valence-electron chi connectivity index (χ3n) is 3.85. The van der Waals surface area contributed by atoms with E-state index in [0.29, 0.717) is 0 Å². The van der Waals surface area contributed by atoms with Crippen LogP contribution in [0.5, 0.6) is 11.5 Å². The van der Waals surface area contributed by atoms with E-state index < -0.39 is 0 Å². The molecule has 1 saturated heterocycles. The summed E-state index contributed by atoms with van der Waals surface area (Å²) >= 11 is 3.53. The van der Waals surface area contributed by atoms with Gasteiger partial charge in [-0.1, -0.05) is 0 Å². The zero-order valence-corrected chi connectivity index (χ0v) is 14.5. The van der Waals surface area contributed by atoms with E-state index in [1.807, 2.05) is 6.07 Å². The van der Waals surface area contributed by atoms with Crippen LogP contribution in [0.3, 0.4) is 0 Å². The fourth-order valence-corrected chi connectivity index (χ4v) is 3.39. The Kier molecular flexibility index (Phi) is 6.80. The van der Waals surface area contributed by atoms with Crippen LogP contribution in [-0.4, -0.2) is 45.3 Å². The van der Waals surface area contributed by atoms with E-state index in [0.717, 1.165) is 29.1 Å². The number of halogens is 1. The lowest BCUT2D eigenvalue weighted by Crippen LogP contribution is -2.24. The van der Waals surface area contributed by atoms with Crippen LogP contribution in [0.4, 0.5) is 0 Å². The highest BCUT2D eigenvalue weighted by Crippen LogP contribution is 2.36. The van der Waals surface area contributed by atoms with Crippen molar-refractivity contribution in [3.8, 4) is 11.5 Å². The van der Waals surface area contributed by atoms with Gasteiger partial charge in [0, 0.05) is 6.54 Å². The van der Waals surface area contributed by atoms with Crippen molar-refractivity contribution in [2.45, 2.75) is 25.8 Å². The van der Waals surface area contributed by atoms with Crippen molar-refractivity contribution in [2.24, 2.45) is 0 Å². The van der Waals surface area contributed by atoms with Crippen LogP contribution in [0.25, 0.3) is 0 Å². The molecule has 1 N–H and O–H groups in total. The van der Waals surface area contributed by atoms with E-state index >= 15 is 0 Å². The number of methoxy groups -OCH3 is 2. The van der Waals surface area contributed by atoms with Crippen molar-refractivity contribution in [1.82, 2.24) is 10.2 Å². The lowest BCUT2D eigenvalue weighted by Gasteiger charge is -2.15. The molecular formula is C16H25BrN2O2. The minimum atomic E-state index is 0.746. The molecule has 0 amide bonds. The van der Waals surface area contributed by atoms with Gasteiger partial charge in [-0.2, -0.15) is 0 Å². The summed E-state index contributed by atoms with van der Waals surface area (Å²) in [7, 11) is 3.32. The highest BCUT2D eigenvalue weighted by Gasteiger charge is 2.11. The van der Waals surface area contributed by atoms with Crippen LogP contribution in [-0.2, 0) is 6.54 Å². The van der Waals surface area contributed by atoms with E-state index in [4.69, 9.17) is 9.47 Å². The molecule has 4 nitrogen and oxygen atoms in total. The number of nitrogens with one attached hydrogen (secondary N) is 1. The molecule has 0 saturated carbocycles. The molecule has 1 heterocycles. The van der Waals surface area contributed by atoms with Crippen LogP contribution in [0.15, 0.2) is 16.6 Å². The van der Waals surface area contributed by atoms with Crippen molar-refractivity contribution >= 4 is 15.9 Å². The van der Waals surface area contributed by atoms with E-state index in [1.165, 1.54) is 44.5 Å². The van der Waals surface area contributed by atoms with Gasteiger partial charge in [0.1, 0.15) is 0 Å². The maximum absolute atomic E-state index is 5.36. The number of benzene rings is 1. The fourth-order valence-electron chi connectivity index (χ4n) is 2.74. The lowest BCUT2D eigenvalue weighted by molar-refractivity contribution is 0.331. The topological polar surface area (TPSA) is 33.7 Å². The summed E-state index contributed by atoms with van der Waals surface area (Å²) in [5.74, 6) is 1.51. The van der Waals surface area contributed by atoms with E-state index in [9.17, 15) is 0 Å². The third-order valence-corrected chi connectivity index (χ3v) is 4.44. The second-order valence-corrected chi connectivity index (χ2v) is 6.25. The maximum Gasteiger partial charge on any atom is 0.174 e. The van der Waals surface area contributed by atoms with Crippen LogP contribution in [0.2, 0.25) is 0 Å². The predicted octanol–water partition coefficient (Wildman–Crippen LogP) is 3.04. The van der Waals surface area contributed by atoms with Gasteiger partial charge in [0.2, 0.25) is 0 Å². The minimum absolute atomic E-state index is 0.746. The molecule has 0 aliphatic carbocycles. The van der Waals surface area contributed by atoms with Gasteiger partial charge in [-0.05, 0) is 79.1 Å². The average molecular weight is 357 g/mol. The van der Waals surface area contributed by atoms with E-state index in [1.54, 1.807) is 14.2 Å². The number of rotatable bonds is 8. The molecular weight excluding hydrogens is 332 g/mol. The first-order valence-corrected chi connectivity index (χ1v) is 8.37. The molecule has 0 spiro atoms. The summed E-state index contributed by atoms with van der Waals surface area (Å²) < 4.78 is 11.6. The Bertz CT molecular complexity index is 448. The first-order valence-electron chi connectivity index (χ1n) is 7.58. The smallest absolute Gasteiger partial charge is 0.174 e. The lowest BCUT2D eigenvalue weighted by atomic mass is 10.2. The molecule has 0 aromatic heterocycles. The number of hydrogen-bond acceptors (Lipinski definition) is 4. The molecule has 5 heteroatoms. The van der Waals surface area contributed by atoms with Crippen molar-refractivity contribution in [1.29, 1.82) is 0 Å². The van der Waals surface area contributed by atoms with Gasteiger partial charge in [0.05, 0.1) is 18.7 Å². The second kappa shape index (κ2) is 8.61. The van der Waals surface area contributed by atoms with Crippen LogP contribution >= 0.6 is 15.9 Å². The molecule has 0 radical (unpaired) electrons. The summed E-state index contributed by atoms with van der Waals surface area (Å²) in [6, 6.07) is 4.10. The molecule has 21 heavy (non-hydrogen) atoms. The predicted molar refractivity (Wildman–Crippen MR) is 89.2 cm³/mol. The quantitative estimate of drug-likeness (QED) is 0.725. The summed E-state index contributed by atoms with van der Waals surface area (Å²) in [4.78, 5) is 2.55. The molecule has 2 rings (SSSR count). The van der Waals surface area contributed by atoms with Gasteiger partial charge in [0.25, 0.3) is 0 Å². The number of ether oxygens (including phenoxy) is 2. The SMILES string of the molecule is COc1cc(CNCCCN2CCCC2)cc(Br)c1OC. The molecule has 1 aliphatic rings. The Labute approximate surface area is 135 Å². The molecule has 0 unspecified atom stereocenters. The summed E-state index contributed by atoms with van der Waals surface area (Å²) in [6.07, 6.45) is 3.94. The van der Waals surface area contributed by atoms with Crippen molar-refractivity contribution in [3.05, 3.63) is 22.2 Å². The molecule has 118 valence electrons. The zero-order valence-electron chi connectivity index (χ0n) is 13.0. The normalized spacial score (nSPS) is 15.4. The van der Waals surface area contributed by atoms with Crippen molar-refractivity contribution < 1.29 is 9.47 Å². The van der Waals surface area contributed by atoms with Gasteiger partial charge in [-0.15, -0.1) is 0 Å². The fraction of sp³-hybridized carbons (Fsp3) is 0.625. The Balaban J connectivity index is 1.76. The van der Waals surface area contributed by atoms with Crippen molar-refractivity contribution in [2.75, 3.05) is 40.4 Å². The number of likely N-dealkylation sites (tertiary alicyclic amines) is 1. The highest BCUT2D eigenvalue weighted by atomic mass is 79.9. The first-order chi connectivity index (χ1) is 10.2. The van der Waals surface area contributed by atoms with Gasteiger partial charge in [0.15, 0.2) is 11.5 Å². The van der Waals surface area contributed by atoms with E-state index in [2.05, 4.69) is 32.2 Å². The Hall–Kier alpha value is -0.780. The van der Waals surface area contributed by atoms with Gasteiger partial charge in [-0.25, -0.2) is 0 Å². The molecule has 1 aromatic carbocycles. The molecule has 1 aliphatic heterocycles. The Morgan fingerprint density at radius 3 is 2.62 bits per heavy atom. The Morgan fingerprint density at radius 1 is 1.19 bits per heavy atom. The Morgan fingerprint density at radius 2 is 1.95 bits per heavy atom. The molecule has 1 fully saturated rings. The average Bonchev–Trinajstić information content (AvgIpc) is 2.99. The number of nitrogens with zero attached hydrogens (tertiary/aromatic N) is 1. The van der Waals surface area contributed by atoms with Gasteiger partial charge >= 0.3 is 0 Å². The highest BCUT2D eigenvalue weighted by molar-refractivity contribution is 9.10. The first kappa shape index (κ1) is 16.6. The van der Waals surface area contributed by atoms with Crippen LogP contribution < -0.4 is 14.8 Å².